The van der Waals surface area contributed by atoms with Crippen LogP contribution in [0.4, 0.5) is 0 Å². The Morgan fingerprint density at radius 2 is 2.19 bits per heavy atom. The van der Waals surface area contributed by atoms with Gasteiger partial charge in [-0.3, -0.25) is 9.89 Å². The van der Waals surface area contributed by atoms with Crippen LogP contribution < -0.4 is 5.32 Å². The molecule has 0 aliphatic carbocycles. The van der Waals surface area contributed by atoms with Crippen LogP contribution in [-0.4, -0.2) is 68.5 Å². The van der Waals surface area contributed by atoms with Crippen LogP contribution in [0, 0.1) is 0 Å². The van der Waals surface area contributed by atoms with E-state index in [0.717, 1.165) is 26.1 Å². The molecule has 1 atom stereocenters. The maximum absolute atomic E-state index is 4.53. The van der Waals surface area contributed by atoms with Gasteiger partial charge in [-0.1, -0.05) is 0 Å². The molecule has 4 nitrogen and oxygen atoms in total. The lowest BCUT2D eigenvalue weighted by atomic mass is 10.1. The van der Waals surface area contributed by atoms with Gasteiger partial charge in [0.1, 0.15) is 0 Å². The van der Waals surface area contributed by atoms with Gasteiger partial charge in [-0.15, -0.1) is 0 Å². The smallest absolute Gasteiger partial charge is 0.0963 e. The van der Waals surface area contributed by atoms with Gasteiger partial charge < -0.3 is 10.2 Å². The first-order valence-corrected chi connectivity index (χ1v) is 6.41. The van der Waals surface area contributed by atoms with Gasteiger partial charge in [0.25, 0.3) is 0 Å². The SMILES string of the molecule is CN1CCN(C)C(CNC2=NCCCC2)C1. The molecule has 0 amide bonds. The second-order valence-electron chi connectivity index (χ2n) is 5.06. The minimum atomic E-state index is 0.628. The van der Waals surface area contributed by atoms with E-state index in [1.54, 1.807) is 0 Å². The topological polar surface area (TPSA) is 30.9 Å². The summed E-state index contributed by atoms with van der Waals surface area (Å²) in [6.07, 6.45) is 3.70. The average molecular weight is 224 g/mol. The molecule has 0 bridgehead atoms. The Bertz CT molecular complexity index is 251. The van der Waals surface area contributed by atoms with Crippen LogP contribution >= 0.6 is 0 Å². The molecule has 2 aliphatic heterocycles. The molecule has 1 unspecified atom stereocenters. The van der Waals surface area contributed by atoms with Gasteiger partial charge in [-0.25, -0.2) is 0 Å². The Kier molecular flexibility index (Phi) is 4.18. The van der Waals surface area contributed by atoms with E-state index in [1.165, 1.54) is 31.8 Å². The minimum Gasteiger partial charge on any atom is -0.372 e. The molecule has 0 aromatic carbocycles. The molecular formula is C12H24N4. The van der Waals surface area contributed by atoms with Crippen molar-refractivity contribution in [2.75, 3.05) is 46.8 Å². The first-order chi connectivity index (χ1) is 7.75. The zero-order valence-corrected chi connectivity index (χ0v) is 10.6. The second-order valence-corrected chi connectivity index (χ2v) is 5.06. The van der Waals surface area contributed by atoms with E-state index in [-0.39, 0.29) is 0 Å². The third-order valence-corrected chi connectivity index (χ3v) is 3.65. The quantitative estimate of drug-likeness (QED) is 0.737. The fraction of sp³-hybridized carbons (Fsp3) is 0.917. The molecule has 0 radical (unpaired) electrons. The van der Waals surface area contributed by atoms with Crippen molar-refractivity contribution in [3.05, 3.63) is 0 Å². The molecule has 2 aliphatic rings. The zero-order valence-electron chi connectivity index (χ0n) is 10.6. The Morgan fingerprint density at radius 3 is 2.94 bits per heavy atom. The van der Waals surface area contributed by atoms with Crippen LogP contribution in [0.1, 0.15) is 19.3 Å². The maximum Gasteiger partial charge on any atom is 0.0963 e. The molecule has 16 heavy (non-hydrogen) atoms. The summed E-state index contributed by atoms with van der Waals surface area (Å²) >= 11 is 0. The Balaban J connectivity index is 1.77. The van der Waals surface area contributed by atoms with Crippen molar-refractivity contribution in [1.29, 1.82) is 0 Å². The fourth-order valence-corrected chi connectivity index (χ4v) is 2.40. The van der Waals surface area contributed by atoms with Crippen LogP contribution in [0.2, 0.25) is 0 Å². The Labute approximate surface area is 98.7 Å². The molecule has 1 N–H and O–H groups in total. The van der Waals surface area contributed by atoms with Crippen LogP contribution in [-0.2, 0) is 0 Å². The molecule has 0 aromatic rings. The summed E-state index contributed by atoms with van der Waals surface area (Å²) in [7, 11) is 4.43. The van der Waals surface area contributed by atoms with Crippen molar-refractivity contribution in [1.82, 2.24) is 15.1 Å². The molecule has 1 fully saturated rings. The van der Waals surface area contributed by atoms with Crippen molar-refractivity contribution in [2.24, 2.45) is 4.99 Å². The second kappa shape index (κ2) is 5.64. The predicted octanol–water partition coefficient (Wildman–Crippen LogP) is 0.404. The lowest BCUT2D eigenvalue weighted by Crippen LogP contribution is -2.54. The van der Waals surface area contributed by atoms with Crippen LogP contribution in [0.5, 0.6) is 0 Å². The number of likely N-dealkylation sites (N-methyl/N-ethyl adjacent to an activating group) is 2. The van der Waals surface area contributed by atoms with Gasteiger partial charge in [0, 0.05) is 45.2 Å². The lowest BCUT2D eigenvalue weighted by Gasteiger charge is -2.38. The van der Waals surface area contributed by atoms with E-state index in [4.69, 9.17) is 0 Å². The number of amidine groups is 1. The number of hydrogen-bond acceptors (Lipinski definition) is 4. The fourth-order valence-electron chi connectivity index (χ4n) is 2.40. The number of hydrogen-bond donors (Lipinski definition) is 1. The van der Waals surface area contributed by atoms with E-state index >= 15 is 0 Å². The number of nitrogens with zero attached hydrogens (tertiary/aromatic N) is 3. The molecular weight excluding hydrogens is 200 g/mol. The number of rotatable bonds is 2. The summed E-state index contributed by atoms with van der Waals surface area (Å²) in [5, 5.41) is 3.52. The summed E-state index contributed by atoms with van der Waals surface area (Å²) in [5.41, 5.74) is 0. The number of piperazine rings is 1. The van der Waals surface area contributed by atoms with Crippen molar-refractivity contribution < 1.29 is 0 Å². The number of aliphatic imine (C=N–C) groups is 1. The summed E-state index contributed by atoms with van der Waals surface area (Å²) in [5.74, 6) is 1.23. The highest BCUT2D eigenvalue weighted by atomic mass is 15.3. The molecule has 0 aromatic heterocycles. The maximum atomic E-state index is 4.53. The molecule has 2 heterocycles. The minimum absolute atomic E-state index is 0.628. The molecule has 92 valence electrons. The highest BCUT2D eigenvalue weighted by Gasteiger charge is 2.22. The Morgan fingerprint density at radius 1 is 1.31 bits per heavy atom. The third-order valence-electron chi connectivity index (χ3n) is 3.65. The molecule has 4 heteroatoms. The van der Waals surface area contributed by atoms with Crippen molar-refractivity contribution in [3.63, 3.8) is 0 Å². The van der Waals surface area contributed by atoms with Crippen molar-refractivity contribution >= 4 is 5.84 Å². The van der Waals surface area contributed by atoms with E-state index < -0.39 is 0 Å². The van der Waals surface area contributed by atoms with E-state index in [9.17, 15) is 0 Å². The monoisotopic (exact) mass is 224 g/mol. The standard InChI is InChI=1S/C12H24N4/c1-15-7-8-16(2)11(10-15)9-14-12-5-3-4-6-13-12/h11H,3-10H2,1-2H3,(H,13,14). The highest BCUT2D eigenvalue weighted by molar-refractivity contribution is 5.82. The van der Waals surface area contributed by atoms with E-state index in [1.807, 2.05) is 0 Å². The molecule has 0 saturated carbocycles. The molecule has 2 rings (SSSR count). The van der Waals surface area contributed by atoms with Crippen LogP contribution in [0.25, 0.3) is 0 Å². The summed E-state index contributed by atoms with van der Waals surface area (Å²) in [6, 6.07) is 0.628. The third kappa shape index (κ3) is 3.19. The Hall–Kier alpha value is -0.610. The molecule has 1 saturated heterocycles. The van der Waals surface area contributed by atoms with Gasteiger partial charge in [0.2, 0.25) is 0 Å². The van der Waals surface area contributed by atoms with E-state index in [2.05, 4.69) is 34.2 Å². The average Bonchev–Trinajstić information content (AvgIpc) is 2.32. The first-order valence-electron chi connectivity index (χ1n) is 6.41. The van der Waals surface area contributed by atoms with Gasteiger partial charge in [-0.05, 0) is 26.9 Å². The zero-order chi connectivity index (χ0) is 11.4. The molecule has 0 spiro atoms. The number of nitrogens with one attached hydrogen (secondary N) is 1. The van der Waals surface area contributed by atoms with Crippen LogP contribution in [0.3, 0.4) is 0 Å². The normalized spacial score (nSPS) is 28.9. The first kappa shape index (κ1) is 11.9. The lowest BCUT2D eigenvalue weighted by molar-refractivity contribution is 0.116. The van der Waals surface area contributed by atoms with Gasteiger partial charge in [0.15, 0.2) is 0 Å². The van der Waals surface area contributed by atoms with Crippen molar-refractivity contribution in [3.8, 4) is 0 Å². The van der Waals surface area contributed by atoms with E-state index in [0.29, 0.717) is 6.04 Å². The van der Waals surface area contributed by atoms with Crippen molar-refractivity contribution in [2.45, 2.75) is 25.3 Å². The van der Waals surface area contributed by atoms with Gasteiger partial charge in [0.05, 0.1) is 5.84 Å². The van der Waals surface area contributed by atoms with Gasteiger partial charge in [-0.2, -0.15) is 0 Å². The summed E-state index contributed by atoms with van der Waals surface area (Å²) in [6.45, 7) is 5.59. The predicted molar refractivity (Wildman–Crippen MR) is 68.1 cm³/mol. The summed E-state index contributed by atoms with van der Waals surface area (Å²) in [4.78, 5) is 9.40. The highest BCUT2D eigenvalue weighted by Crippen LogP contribution is 2.07. The van der Waals surface area contributed by atoms with Gasteiger partial charge >= 0.3 is 0 Å². The largest absolute Gasteiger partial charge is 0.372 e. The van der Waals surface area contributed by atoms with Crippen LogP contribution in [0.15, 0.2) is 4.99 Å². The summed E-state index contributed by atoms with van der Waals surface area (Å²) < 4.78 is 0.